The highest BCUT2D eigenvalue weighted by molar-refractivity contribution is 7.89. The van der Waals surface area contributed by atoms with E-state index in [0.717, 1.165) is 0 Å². The minimum Gasteiger partial charge on any atom is -0.348 e. The molecule has 0 aliphatic rings. The fourth-order valence-electron chi connectivity index (χ4n) is 2.32. The van der Waals surface area contributed by atoms with Crippen LogP contribution >= 0.6 is 0 Å². The molecule has 2 N–H and O–H groups in total. The maximum absolute atomic E-state index is 12.5. The number of amides is 1. The summed E-state index contributed by atoms with van der Waals surface area (Å²) in [5, 5.41) is 6.97. The number of aryl methyl sites for hydroxylation is 1. The predicted octanol–water partition coefficient (Wildman–Crippen LogP) is 1.31. The standard InChI is InChI=1S/C16H22N4O3S/c1-4-18-24(22,23)14-7-6-12(2)15(10-14)16(21)19-13(3)11-20-9-5-8-17-20/h5-10,13,18H,4,11H2,1-3H3,(H,19,21)/t13-/m0/s1. The Hall–Kier alpha value is -2.19. The summed E-state index contributed by atoms with van der Waals surface area (Å²) in [6.07, 6.45) is 3.49. The van der Waals surface area contributed by atoms with E-state index in [2.05, 4.69) is 15.1 Å². The van der Waals surface area contributed by atoms with Gasteiger partial charge in [0.15, 0.2) is 0 Å². The van der Waals surface area contributed by atoms with Crippen molar-refractivity contribution in [3.63, 3.8) is 0 Å². The van der Waals surface area contributed by atoms with Gasteiger partial charge in [-0.25, -0.2) is 13.1 Å². The van der Waals surface area contributed by atoms with E-state index in [0.29, 0.717) is 24.2 Å². The van der Waals surface area contributed by atoms with Gasteiger partial charge in [-0.3, -0.25) is 9.48 Å². The van der Waals surface area contributed by atoms with Crippen LogP contribution in [0.15, 0.2) is 41.6 Å². The van der Waals surface area contributed by atoms with E-state index in [1.54, 1.807) is 30.8 Å². The van der Waals surface area contributed by atoms with Gasteiger partial charge >= 0.3 is 0 Å². The average Bonchev–Trinajstić information content (AvgIpc) is 2.99. The third-order valence-corrected chi connectivity index (χ3v) is 5.04. The molecule has 0 unspecified atom stereocenters. The van der Waals surface area contributed by atoms with Crippen molar-refractivity contribution in [1.29, 1.82) is 0 Å². The van der Waals surface area contributed by atoms with Crippen molar-refractivity contribution in [2.24, 2.45) is 0 Å². The molecule has 24 heavy (non-hydrogen) atoms. The lowest BCUT2D eigenvalue weighted by Gasteiger charge is -2.16. The van der Waals surface area contributed by atoms with E-state index < -0.39 is 10.0 Å². The summed E-state index contributed by atoms with van der Waals surface area (Å²) in [5.41, 5.74) is 1.07. The number of carbonyl (C=O) groups excluding carboxylic acids is 1. The first kappa shape index (κ1) is 18.2. The number of nitrogens with zero attached hydrogens (tertiary/aromatic N) is 2. The first-order valence-electron chi connectivity index (χ1n) is 7.72. The minimum atomic E-state index is -3.60. The molecular weight excluding hydrogens is 328 g/mol. The molecule has 0 aliphatic heterocycles. The van der Waals surface area contributed by atoms with Crippen molar-refractivity contribution >= 4 is 15.9 Å². The van der Waals surface area contributed by atoms with Crippen molar-refractivity contribution in [2.75, 3.05) is 6.54 Å². The van der Waals surface area contributed by atoms with Gasteiger partial charge in [-0.15, -0.1) is 0 Å². The minimum absolute atomic E-state index is 0.0832. The number of hydrogen-bond donors (Lipinski definition) is 2. The summed E-state index contributed by atoms with van der Waals surface area (Å²) in [4.78, 5) is 12.6. The molecule has 1 aromatic heterocycles. The van der Waals surface area contributed by atoms with Crippen LogP contribution in [0.25, 0.3) is 0 Å². The van der Waals surface area contributed by atoms with Gasteiger partial charge in [0.05, 0.1) is 11.4 Å². The molecule has 8 heteroatoms. The summed E-state index contributed by atoms with van der Waals surface area (Å²) >= 11 is 0. The molecule has 0 aliphatic carbocycles. The zero-order valence-electron chi connectivity index (χ0n) is 14.0. The second-order valence-corrected chi connectivity index (χ2v) is 7.35. The summed E-state index contributed by atoms with van der Waals surface area (Å²) in [6.45, 7) is 6.17. The van der Waals surface area contributed by atoms with Crippen LogP contribution < -0.4 is 10.0 Å². The lowest BCUT2D eigenvalue weighted by Crippen LogP contribution is -2.36. The highest BCUT2D eigenvalue weighted by Gasteiger charge is 2.18. The molecule has 1 aromatic carbocycles. The van der Waals surface area contributed by atoms with Crippen LogP contribution in [0.3, 0.4) is 0 Å². The van der Waals surface area contributed by atoms with Crippen molar-refractivity contribution < 1.29 is 13.2 Å². The van der Waals surface area contributed by atoms with Crippen LogP contribution in [0.5, 0.6) is 0 Å². The van der Waals surface area contributed by atoms with E-state index in [4.69, 9.17) is 0 Å². The highest BCUT2D eigenvalue weighted by atomic mass is 32.2. The number of rotatable bonds is 7. The van der Waals surface area contributed by atoms with Gasteiger partial charge in [0.25, 0.3) is 5.91 Å². The molecule has 1 atom stereocenters. The van der Waals surface area contributed by atoms with Crippen LogP contribution in [0.4, 0.5) is 0 Å². The first-order valence-corrected chi connectivity index (χ1v) is 9.20. The van der Waals surface area contributed by atoms with Gasteiger partial charge in [0, 0.05) is 30.5 Å². The zero-order valence-corrected chi connectivity index (χ0v) is 14.8. The fourth-order valence-corrected chi connectivity index (χ4v) is 3.39. The topological polar surface area (TPSA) is 93.1 Å². The third kappa shape index (κ3) is 4.42. The Morgan fingerprint density at radius 1 is 1.38 bits per heavy atom. The maximum Gasteiger partial charge on any atom is 0.251 e. The summed E-state index contributed by atoms with van der Waals surface area (Å²) in [6, 6.07) is 6.21. The number of sulfonamides is 1. The van der Waals surface area contributed by atoms with Gasteiger partial charge in [-0.2, -0.15) is 5.10 Å². The molecule has 0 bridgehead atoms. The maximum atomic E-state index is 12.5. The highest BCUT2D eigenvalue weighted by Crippen LogP contribution is 2.16. The quantitative estimate of drug-likeness (QED) is 0.787. The molecule has 0 fully saturated rings. The lowest BCUT2D eigenvalue weighted by molar-refractivity contribution is 0.0935. The van der Waals surface area contributed by atoms with Crippen molar-refractivity contribution in [2.45, 2.75) is 38.3 Å². The lowest BCUT2D eigenvalue weighted by atomic mass is 10.1. The van der Waals surface area contributed by atoms with Crippen LogP contribution in [0.1, 0.15) is 29.8 Å². The van der Waals surface area contributed by atoms with Gasteiger partial charge in [0.1, 0.15) is 0 Å². The van der Waals surface area contributed by atoms with Gasteiger partial charge in [-0.05, 0) is 37.6 Å². The van der Waals surface area contributed by atoms with Gasteiger partial charge < -0.3 is 5.32 Å². The monoisotopic (exact) mass is 350 g/mol. The number of aromatic nitrogens is 2. The molecule has 0 spiro atoms. The molecule has 0 radical (unpaired) electrons. The molecule has 2 rings (SSSR count). The number of benzene rings is 1. The Bertz CT molecular complexity index is 801. The third-order valence-electron chi connectivity index (χ3n) is 3.50. The first-order chi connectivity index (χ1) is 11.3. The normalized spacial score (nSPS) is 12.8. The SMILES string of the molecule is CCNS(=O)(=O)c1ccc(C)c(C(=O)N[C@@H](C)Cn2cccn2)c1. The molecule has 0 saturated heterocycles. The number of carbonyl (C=O) groups is 1. The molecule has 1 heterocycles. The molecule has 2 aromatic rings. The Morgan fingerprint density at radius 3 is 2.75 bits per heavy atom. The van der Waals surface area contributed by atoms with Crippen molar-refractivity contribution in [3.05, 3.63) is 47.8 Å². The van der Waals surface area contributed by atoms with Crippen molar-refractivity contribution in [1.82, 2.24) is 19.8 Å². The largest absolute Gasteiger partial charge is 0.348 e. The Balaban J connectivity index is 2.16. The summed E-state index contributed by atoms with van der Waals surface area (Å²) in [7, 11) is -3.60. The number of nitrogens with one attached hydrogen (secondary N) is 2. The predicted molar refractivity (Wildman–Crippen MR) is 91.2 cm³/mol. The summed E-state index contributed by atoms with van der Waals surface area (Å²) < 4.78 is 28.3. The Labute approximate surface area is 142 Å². The average molecular weight is 350 g/mol. The van der Waals surface area contributed by atoms with Crippen LogP contribution in [0, 0.1) is 6.92 Å². The molecule has 130 valence electrons. The second kappa shape index (κ2) is 7.59. The van der Waals surface area contributed by atoms with Crippen LogP contribution in [-0.4, -0.2) is 36.7 Å². The van der Waals surface area contributed by atoms with Crippen molar-refractivity contribution in [3.8, 4) is 0 Å². The number of hydrogen-bond acceptors (Lipinski definition) is 4. The van der Waals surface area contributed by atoms with E-state index in [-0.39, 0.29) is 16.8 Å². The smallest absolute Gasteiger partial charge is 0.251 e. The van der Waals surface area contributed by atoms with E-state index in [1.807, 2.05) is 19.2 Å². The van der Waals surface area contributed by atoms with Crippen LogP contribution in [0.2, 0.25) is 0 Å². The van der Waals surface area contributed by atoms with E-state index in [9.17, 15) is 13.2 Å². The van der Waals surface area contributed by atoms with E-state index >= 15 is 0 Å². The Kier molecular flexibility index (Phi) is 5.74. The van der Waals surface area contributed by atoms with Gasteiger partial charge in [0.2, 0.25) is 10.0 Å². The molecule has 1 amide bonds. The Morgan fingerprint density at radius 2 is 2.12 bits per heavy atom. The molecular formula is C16H22N4O3S. The molecule has 0 saturated carbocycles. The summed E-state index contributed by atoms with van der Waals surface area (Å²) in [5.74, 6) is -0.305. The second-order valence-electron chi connectivity index (χ2n) is 5.58. The molecule has 7 nitrogen and oxygen atoms in total. The zero-order chi connectivity index (χ0) is 17.7. The fraction of sp³-hybridized carbons (Fsp3) is 0.375. The van der Waals surface area contributed by atoms with Crippen LogP contribution in [-0.2, 0) is 16.6 Å². The van der Waals surface area contributed by atoms with E-state index in [1.165, 1.54) is 12.1 Å². The van der Waals surface area contributed by atoms with Gasteiger partial charge in [-0.1, -0.05) is 13.0 Å².